The van der Waals surface area contributed by atoms with Crippen LogP contribution in [0.4, 0.5) is 0 Å². The Morgan fingerprint density at radius 1 is 1.26 bits per heavy atom. The number of fused-ring (bicyclic) bond motifs is 1. The molecule has 1 aromatic carbocycles. The number of hydrogen-bond donors (Lipinski definition) is 2. The molecule has 2 atom stereocenters. The van der Waals surface area contributed by atoms with E-state index in [0.717, 1.165) is 12.8 Å². The molecule has 0 radical (unpaired) electrons. The van der Waals surface area contributed by atoms with E-state index >= 15 is 0 Å². The Labute approximate surface area is 136 Å². The molecule has 0 bridgehead atoms. The maximum absolute atomic E-state index is 12.4. The Morgan fingerprint density at radius 3 is 2.39 bits per heavy atom. The van der Waals surface area contributed by atoms with Gasteiger partial charge in [0.05, 0.1) is 12.1 Å². The molecule has 5 heteroatoms. The molecule has 1 aromatic rings. The second kappa shape index (κ2) is 6.54. The van der Waals surface area contributed by atoms with Gasteiger partial charge < -0.3 is 16.0 Å². The number of carbonyl (C=O) groups excluding carboxylic acids is 2. The monoisotopic (exact) mass is 313 g/mol. The van der Waals surface area contributed by atoms with Crippen LogP contribution in [0.2, 0.25) is 0 Å². The standard InChI is InChI=1S/C18H23N3O2/c1-12(19)18(23)20-16(13-6-7-13)8-9-17(22)21-10-14-4-2-3-5-15(14)11-21/h2-5,8-9,12-13,16H,6-7,10-11,19H2,1H3,(H,20,23)/b9-8+/t12-,16+/m0/s1. The zero-order chi connectivity index (χ0) is 16.4. The molecule has 1 saturated carbocycles. The Hall–Kier alpha value is -2.14. The Bertz CT molecular complexity index is 610. The van der Waals surface area contributed by atoms with Crippen molar-refractivity contribution in [3.63, 3.8) is 0 Å². The van der Waals surface area contributed by atoms with E-state index < -0.39 is 6.04 Å². The summed E-state index contributed by atoms with van der Waals surface area (Å²) in [6.07, 6.45) is 5.58. The molecule has 23 heavy (non-hydrogen) atoms. The van der Waals surface area contributed by atoms with Crippen LogP contribution in [0.1, 0.15) is 30.9 Å². The van der Waals surface area contributed by atoms with Crippen molar-refractivity contribution in [2.24, 2.45) is 11.7 Å². The normalized spacial score (nSPS) is 19.5. The number of rotatable bonds is 5. The summed E-state index contributed by atoms with van der Waals surface area (Å²) in [5, 5.41) is 2.92. The third kappa shape index (κ3) is 3.79. The molecule has 2 amide bonds. The van der Waals surface area contributed by atoms with Crippen LogP contribution in [0, 0.1) is 5.92 Å². The molecule has 1 fully saturated rings. The van der Waals surface area contributed by atoms with Gasteiger partial charge in [-0.2, -0.15) is 0 Å². The van der Waals surface area contributed by atoms with Gasteiger partial charge in [0.25, 0.3) is 0 Å². The number of nitrogens with two attached hydrogens (primary N) is 1. The first-order valence-corrected chi connectivity index (χ1v) is 8.14. The van der Waals surface area contributed by atoms with E-state index in [0.29, 0.717) is 19.0 Å². The van der Waals surface area contributed by atoms with Gasteiger partial charge in [-0.1, -0.05) is 30.3 Å². The van der Waals surface area contributed by atoms with Crippen LogP contribution < -0.4 is 11.1 Å². The molecular formula is C18H23N3O2. The van der Waals surface area contributed by atoms with Gasteiger partial charge in [-0.15, -0.1) is 0 Å². The predicted molar refractivity (Wildman–Crippen MR) is 88.1 cm³/mol. The molecule has 1 aliphatic heterocycles. The number of nitrogens with one attached hydrogen (secondary N) is 1. The average molecular weight is 313 g/mol. The fourth-order valence-corrected chi connectivity index (χ4v) is 2.85. The highest BCUT2D eigenvalue weighted by Gasteiger charge is 2.31. The summed E-state index contributed by atoms with van der Waals surface area (Å²) in [4.78, 5) is 26.0. The Balaban J connectivity index is 1.60. The van der Waals surface area contributed by atoms with Gasteiger partial charge in [-0.25, -0.2) is 0 Å². The fourth-order valence-electron chi connectivity index (χ4n) is 2.85. The summed E-state index contributed by atoms with van der Waals surface area (Å²) >= 11 is 0. The zero-order valence-electron chi connectivity index (χ0n) is 13.4. The van der Waals surface area contributed by atoms with Crippen molar-refractivity contribution in [3.05, 3.63) is 47.5 Å². The van der Waals surface area contributed by atoms with Crippen LogP contribution >= 0.6 is 0 Å². The summed E-state index contributed by atoms with van der Waals surface area (Å²) in [7, 11) is 0. The molecule has 1 aliphatic carbocycles. The van der Waals surface area contributed by atoms with Crippen LogP contribution in [0.3, 0.4) is 0 Å². The Kier molecular flexibility index (Phi) is 4.48. The van der Waals surface area contributed by atoms with Gasteiger partial charge >= 0.3 is 0 Å². The lowest BCUT2D eigenvalue weighted by Crippen LogP contribution is -2.44. The molecule has 0 aromatic heterocycles. The molecule has 5 nitrogen and oxygen atoms in total. The lowest BCUT2D eigenvalue weighted by Gasteiger charge is -2.17. The van der Waals surface area contributed by atoms with Crippen molar-refractivity contribution in [2.75, 3.05) is 0 Å². The van der Waals surface area contributed by atoms with E-state index in [9.17, 15) is 9.59 Å². The third-order valence-corrected chi connectivity index (χ3v) is 4.45. The number of hydrogen-bond acceptors (Lipinski definition) is 3. The minimum Gasteiger partial charge on any atom is -0.348 e. The lowest BCUT2D eigenvalue weighted by atomic mass is 10.1. The van der Waals surface area contributed by atoms with Gasteiger partial charge in [0.1, 0.15) is 0 Å². The number of amides is 2. The summed E-state index contributed by atoms with van der Waals surface area (Å²) in [6.45, 7) is 2.97. The first-order chi connectivity index (χ1) is 11.0. The first kappa shape index (κ1) is 15.7. The third-order valence-electron chi connectivity index (χ3n) is 4.45. The lowest BCUT2D eigenvalue weighted by molar-refractivity contribution is -0.126. The molecule has 2 aliphatic rings. The van der Waals surface area contributed by atoms with Crippen molar-refractivity contribution in [1.29, 1.82) is 0 Å². The van der Waals surface area contributed by atoms with E-state index in [1.54, 1.807) is 13.0 Å². The van der Waals surface area contributed by atoms with Gasteiger partial charge in [-0.3, -0.25) is 9.59 Å². The molecule has 0 unspecified atom stereocenters. The van der Waals surface area contributed by atoms with Crippen LogP contribution in [0.15, 0.2) is 36.4 Å². The molecule has 1 heterocycles. The molecular weight excluding hydrogens is 290 g/mol. The average Bonchev–Trinajstić information content (AvgIpc) is 3.28. The topological polar surface area (TPSA) is 75.4 Å². The molecule has 3 N–H and O–H groups in total. The highest BCUT2D eigenvalue weighted by atomic mass is 16.2. The van der Waals surface area contributed by atoms with Crippen molar-refractivity contribution in [3.8, 4) is 0 Å². The molecule has 122 valence electrons. The van der Waals surface area contributed by atoms with Crippen LogP contribution in [-0.4, -0.2) is 28.8 Å². The first-order valence-electron chi connectivity index (χ1n) is 8.14. The highest BCUT2D eigenvalue weighted by molar-refractivity contribution is 5.88. The second-order valence-electron chi connectivity index (χ2n) is 6.48. The minimum absolute atomic E-state index is 0.0121. The quantitative estimate of drug-likeness (QED) is 0.805. The molecule has 3 rings (SSSR count). The predicted octanol–water partition coefficient (Wildman–Crippen LogP) is 1.33. The maximum atomic E-state index is 12.4. The van der Waals surface area contributed by atoms with Crippen molar-refractivity contribution >= 4 is 11.8 Å². The van der Waals surface area contributed by atoms with E-state index in [4.69, 9.17) is 5.73 Å². The van der Waals surface area contributed by atoms with Gasteiger partial charge in [0, 0.05) is 19.2 Å². The van der Waals surface area contributed by atoms with Gasteiger partial charge in [0.2, 0.25) is 11.8 Å². The van der Waals surface area contributed by atoms with E-state index in [1.807, 2.05) is 23.1 Å². The zero-order valence-corrected chi connectivity index (χ0v) is 13.4. The van der Waals surface area contributed by atoms with Crippen LogP contribution in [0.5, 0.6) is 0 Å². The van der Waals surface area contributed by atoms with E-state index in [-0.39, 0.29) is 17.9 Å². The summed E-state index contributed by atoms with van der Waals surface area (Å²) < 4.78 is 0. The minimum atomic E-state index is -0.534. The van der Waals surface area contributed by atoms with Crippen LogP contribution in [0.25, 0.3) is 0 Å². The summed E-state index contributed by atoms with van der Waals surface area (Å²) in [5.74, 6) is 0.243. The van der Waals surface area contributed by atoms with Crippen molar-refractivity contribution in [1.82, 2.24) is 10.2 Å². The number of nitrogens with zero attached hydrogens (tertiary/aromatic N) is 1. The maximum Gasteiger partial charge on any atom is 0.246 e. The fraction of sp³-hybridized carbons (Fsp3) is 0.444. The summed E-state index contributed by atoms with van der Waals surface area (Å²) in [5.41, 5.74) is 8.01. The number of carbonyl (C=O) groups is 2. The summed E-state index contributed by atoms with van der Waals surface area (Å²) in [6, 6.07) is 7.48. The SMILES string of the molecule is C[C@H](N)C(=O)N[C@H](/C=C/C(=O)N1Cc2ccccc2C1)C1CC1. The molecule has 0 spiro atoms. The van der Waals surface area contributed by atoms with Crippen molar-refractivity contribution < 1.29 is 9.59 Å². The van der Waals surface area contributed by atoms with E-state index in [1.165, 1.54) is 11.1 Å². The number of benzene rings is 1. The largest absolute Gasteiger partial charge is 0.348 e. The van der Waals surface area contributed by atoms with Crippen LogP contribution in [-0.2, 0) is 22.7 Å². The van der Waals surface area contributed by atoms with E-state index in [2.05, 4.69) is 17.4 Å². The van der Waals surface area contributed by atoms with Gasteiger partial charge in [0.15, 0.2) is 0 Å². The smallest absolute Gasteiger partial charge is 0.246 e. The molecule has 0 saturated heterocycles. The Morgan fingerprint density at radius 2 is 1.87 bits per heavy atom. The van der Waals surface area contributed by atoms with Crippen molar-refractivity contribution in [2.45, 2.75) is 44.9 Å². The second-order valence-corrected chi connectivity index (χ2v) is 6.48. The highest BCUT2D eigenvalue weighted by Crippen LogP contribution is 2.33. The van der Waals surface area contributed by atoms with Gasteiger partial charge in [-0.05, 0) is 36.8 Å².